The first-order chi connectivity index (χ1) is 8.53. The molecule has 0 spiro atoms. The number of fused-ring (bicyclic) bond motifs is 1. The second kappa shape index (κ2) is 5.08. The van der Waals surface area contributed by atoms with Crippen LogP contribution in [0.5, 0.6) is 0 Å². The Hall–Kier alpha value is -1.39. The molecule has 1 aliphatic heterocycles. The molecule has 4 nitrogen and oxygen atoms in total. The summed E-state index contributed by atoms with van der Waals surface area (Å²) in [6.07, 6.45) is 0.348. The van der Waals surface area contributed by atoms with Crippen molar-refractivity contribution in [3.05, 3.63) is 35.4 Å². The number of benzene rings is 1. The summed E-state index contributed by atoms with van der Waals surface area (Å²) in [7, 11) is 0. The van der Waals surface area contributed by atoms with Gasteiger partial charge >= 0.3 is 0 Å². The zero-order chi connectivity index (χ0) is 13.2. The van der Waals surface area contributed by atoms with Gasteiger partial charge in [-0.1, -0.05) is 24.3 Å². The Kier molecular flexibility index (Phi) is 3.68. The van der Waals surface area contributed by atoms with Crippen LogP contribution < -0.4 is 11.1 Å². The van der Waals surface area contributed by atoms with Crippen LogP contribution in [0.4, 0.5) is 0 Å². The van der Waals surface area contributed by atoms with Crippen LogP contribution in [0.2, 0.25) is 0 Å². The average Bonchev–Trinajstić information content (AvgIpc) is 2.37. The maximum absolute atomic E-state index is 12.2. The zero-order valence-electron chi connectivity index (χ0n) is 10.9. The van der Waals surface area contributed by atoms with Crippen LogP contribution in [-0.2, 0) is 16.0 Å². The summed E-state index contributed by atoms with van der Waals surface area (Å²) < 4.78 is 5.60. The largest absolute Gasteiger partial charge is 0.363 e. The van der Waals surface area contributed by atoms with Crippen molar-refractivity contribution in [1.29, 1.82) is 0 Å². The van der Waals surface area contributed by atoms with E-state index in [0.29, 0.717) is 13.2 Å². The molecule has 0 fully saturated rings. The Bertz CT molecular complexity index is 443. The molecule has 1 aliphatic rings. The molecule has 1 atom stereocenters. The predicted octanol–water partition coefficient (Wildman–Crippen LogP) is 1.15. The molecular weight excluding hydrogens is 228 g/mol. The topological polar surface area (TPSA) is 64.3 Å². The Labute approximate surface area is 108 Å². The summed E-state index contributed by atoms with van der Waals surface area (Å²) in [5.41, 5.74) is 7.37. The van der Waals surface area contributed by atoms with Crippen molar-refractivity contribution in [3.63, 3.8) is 0 Å². The van der Waals surface area contributed by atoms with Crippen LogP contribution >= 0.6 is 0 Å². The van der Waals surface area contributed by atoms with Gasteiger partial charge in [0.25, 0.3) is 5.91 Å². The van der Waals surface area contributed by atoms with Gasteiger partial charge in [0, 0.05) is 12.1 Å². The fourth-order valence-corrected chi connectivity index (χ4v) is 2.06. The van der Waals surface area contributed by atoms with Crippen molar-refractivity contribution in [2.75, 3.05) is 13.2 Å². The molecule has 4 heteroatoms. The van der Waals surface area contributed by atoms with Gasteiger partial charge in [-0.05, 0) is 31.4 Å². The lowest BCUT2D eigenvalue weighted by Crippen LogP contribution is -2.51. The molecule has 0 aliphatic carbocycles. The molecule has 1 aromatic carbocycles. The fraction of sp³-hybridized carbons (Fsp3) is 0.500. The van der Waals surface area contributed by atoms with Crippen LogP contribution in [-0.4, -0.2) is 24.6 Å². The number of hydrogen-bond acceptors (Lipinski definition) is 3. The standard InChI is InChI=1S/C14H20N2O2/c1-14(2,9-15)16-13(17)12-11-6-4-3-5-10(11)7-8-18-12/h3-6,12H,7-9,15H2,1-2H3,(H,16,17). The lowest BCUT2D eigenvalue weighted by atomic mass is 9.96. The molecule has 98 valence electrons. The minimum absolute atomic E-state index is 0.113. The van der Waals surface area contributed by atoms with Gasteiger partial charge in [0.15, 0.2) is 6.10 Å². The lowest BCUT2D eigenvalue weighted by molar-refractivity contribution is -0.135. The highest BCUT2D eigenvalue weighted by molar-refractivity contribution is 5.83. The van der Waals surface area contributed by atoms with Gasteiger partial charge in [0.2, 0.25) is 0 Å². The molecule has 0 saturated heterocycles. The number of carbonyl (C=O) groups is 1. The van der Waals surface area contributed by atoms with Crippen LogP contribution in [0.1, 0.15) is 31.1 Å². The number of rotatable bonds is 3. The minimum Gasteiger partial charge on any atom is -0.363 e. The van der Waals surface area contributed by atoms with E-state index in [2.05, 4.69) is 5.32 Å². The van der Waals surface area contributed by atoms with Gasteiger partial charge in [-0.3, -0.25) is 4.79 Å². The third-order valence-corrected chi connectivity index (χ3v) is 3.20. The molecule has 3 N–H and O–H groups in total. The number of nitrogens with one attached hydrogen (secondary N) is 1. The predicted molar refractivity (Wildman–Crippen MR) is 70.1 cm³/mol. The Morgan fingerprint density at radius 1 is 1.50 bits per heavy atom. The van der Waals surface area contributed by atoms with Crippen LogP contribution in [0.25, 0.3) is 0 Å². The zero-order valence-corrected chi connectivity index (χ0v) is 10.9. The molecule has 1 aromatic rings. The van der Waals surface area contributed by atoms with Crippen molar-refractivity contribution in [2.45, 2.75) is 31.9 Å². The van der Waals surface area contributed by atoms with Crippen LogP contribution in [0, 0.1) is 0 Å². The molecule has 1 heterocycles. The minimum atomic E-state index is -0.513. The van der Waals surface area contributed by atoms with Crippen molar-refractivity contribution < 1.29 is 9.53 Å². The molecule has 0 radical (unpaired) electrons. The van der Waals surface area contributed by atoms with Gasteiger partial charge in [0.05, 0.1) is 6.61 Å². The number of nitrogens with two attached hydrogens (primary N) is 1. The summed E-state index contributed by atoms with van der Waals surface area (Å²) >= 11 is 0. The van der Waals surface area contributed by atoms with E-state index < -0.39 is 11.6 Å². The van der Waals surface area contributed by atoms with Crippen molar-refractivity contribution >= 4 is 5.91 Å². The first-order valence-electron chi connectivity index (χ1n) is 6.25. The van der Waals surface area contributed by atoms with E-state index in [4.69, 9.17) is 10.5 Å². The number of ether oxygens (including phenoxy) is 1. The summed E-state index contributed by atoms with van der Waals surface area (Å²) in [5.74, 6) is -0.113. The van der Waals surface area contributed by atoms with Crippen molar-refractivity contribution in [3.8, 4) is 0 Å². The maximum Gasteiger partial charge on any atom is 0.254 e. The second-order valence-corrected chi connectivity index (χ2v) is 5.28. The molecular formula is C14H20N2O2. The molecule has 0 aromatic heterocycles. The van der Waals surface area contributed by atoms with E-state index in [1.165, 1.54) is 5.56 Å². The van der Waals surface area contributed by atoms with E-state index in [1.54, 1.807) is 0 Å². The molecule has 1 unspecified atom stereocenters. The molecule has 2 rings (SSSR count). The highest BCUT2D eigenvalue weighted by Crippen LogP contribution is 2.27. The van der Waals surface area contributed by atoms with Gasteiger partial charge in [-0.25, -0.2) is 0 Å². The van der Waals surface area contributed by atoms with E-state index in [1.807, 2.05) is 38.1 Å². The Morgan fingerprint density at radius 2 is 2.22 bits per heavy atom. The summed E-state index contributed by atoms with van der Waals surface area (Å²) in [5, 5.41) is 2.93. The Morgan fingerprint density at radius 3 is 2.94 bits per heavy atom. The van der Waals surface area contributed by atoms with E-state index in [0.717, 1.165) is 12.0 Å². The summed E-state index contributed by atoms with van der Waals surface area (Å²) in [6.45, 7) is 4.78. The molecule has 0 bridgehead atoms. The van der Waals surface area contributed by atoms with Gasteiger partial charge < -0.3 is 15.8 Å². The average molecular weight is 248 g/mol. The first kappa shape index (κ1) is 13.1. The summed E-state index contributed by atoms with van der Waals surface area (Å²) in [4.78, 5) is 12.2. The van der Waals surface area contributed by atoms with Crippen LogP contribution in [0.3, 0.4) is 0 Å². The van der Waals surface area contributed by atoms with E-state index in [9.17, 15) is 4.79 Å². The Balaban J connectivity index is 2.18. The smallest absolute Gasteiger partial charge is 0.254 e. The normalized spacial score (nSPS) is 19.2. The second-order valence-electron chi connectivity index (χ2n) is 5.28. The third-order valence-electron chi connectivity index (χ3n) is 3.20. The fourth-order valence-electron chi connectivity index (χ4n) is 2.06. The van der Waals surface area contributed by atoms with Crippen LogP contribution in [0.15, 0.2) is 24.3 Å². The van der Waals surface area contributed by atoms with Gasteiger partial charge in [-0.15, -0.1) is 0 Å². The lowest BCUT2D eigenvalue weighted by Gasteiger charge is -2.30. The van der Waals surface area contributed by atoms with Crippen molar-refractivity contribution in [1.82, 2.24) is 5.32 Å². The highest BCUT2D eigenvalue weighted by Gasteiger charge is 2.30. The monoisotopic (exact) mass is 248 g/mol. The number of amides is 1. The van der Waals surface area contributed by atoms with Gasteiger partial charge in [-0.2, -0.15) is 0 Å². The third kappa shape index (κ3) is 2.71. The number of carbonyl (C=O) groups excluding carboxylic acids is 1. The van der Waals surface area contributed by atoms with E-state index >= 15 is 0 Å². The molecule has 18 heavy (non-hydrogen) atoms. The van der Waals surface area contributed by atoms with E-state index in [-0.39, 0.29) is 5.91 Å². The maximum atomic E-state index is 12.2. The molecule has 1 amide bonds. The first-order valence-corrected chi connectivity index (χ1v) is 6.25. The van der Waals surface area contributed by atoms with Gasteiger partial charge in [0.1, 0.15) is 0 Å². The SMILES string of the molecule is CC(C)(CN)NC(=O)C1OCCc2ccccc21. The number of hydrogen-bond donors (Lipinski definition) is 2. The quantitative estimate of drug-likeness (QED) is 0.843. The van der Waals surface area contributed by atoms with Crippen molar-refractivity contribution in [2.24, 2.45) is 5.73 Å². The highest BCUT2D eigenvalue weighted by atomic mass is 16.5. The molecule has 0 saturated carbocycles. The summed E-state index contributed by atoms with van der Waals surface area (Å²) in [6, 6.07) is 7.92.